The van der Waals surface area contributed by atoms with Gasteiger partial charge in [-0.1, -0.05) is 225 Å². The molecule has 0 saturated carbocycles. The number of carbonyl (C=O) groups is 2. The molecule has 0 aliphatic carbocycles. The number of rotatable bonds is 44. The average Bonchev–Trinajstić information content (AvgIpc) is 3.17. The maximum Gasteiger partial charge on any atom is 0.305 e. The van der Waals surface area contributed by atoms with E-state index in [4.69, 9.17) is 4.74 Å². The Bertz CT molecular complexity index is 802. The number of hydrogen-bond acceptors (Lipinski definition) is 5. The predicted molar refractivity (Wildman–Crippen MR) is 232 cm³/mol. The maximum atomic E-state index is 12.4. The molecule has 0 heterocycles. The first-order valence-corrected chi connectivity index (χ1v) is 24.0. The van der Waals surface area contributed by atoms with Gasteiger partial charge in [0.15, 0.2) is 0 Å². The van der Waals surface area contributed by atoms with Crippen LogP contribution in [0, 0.1) is 0 Å². The molecule has 0 saturated heterocycles. The topological polar surface area (TPSA) is 95.9 Å². The van der Waals surface area contributed by atoms with Gasteiger partial charge in [-0.25, -0.2) is 0 Å². The van der Waals surface area contributed by atoms with Crippen LogP contribution in [-0.4, -0.2) is 47.4 Å². The minimum Gasteiger partial charge on any atom is -0.466 e. The summed E-state index contributed by atoms with van der Waals surface area (Å²) in [6.07, 6.45) is 49.1. The van der Waals surface area contributed by atoms with Gasteiger partial charge in [0, 0.05) is 12.8 Å². The monoisotopic (exact) mass is 764 g/mol. The number of ether oxygens (including phenoxy) is 1. The lowest BCUT2D eigenvalue weighted by Gasteiger charge is -2.20. The van der Waals surface area contributed by atoms with Crippen LogP contribution in [-0.2, 0) is 14.3 Å². The minimum absolute atomic E-state index is 0.00653. The molecule has 54 heavy (non-hydrogen) atoms. The Morgan fingerprint density at radius 2 is 0.852 bits per heavy atom. The van der Waals surface area contributed by atoms with Gasteiger partial charge in [-0.3, -0.25) is 9.59 Å². The van der Waals surface area contributed by atoms with Gasteiger partial charge in [-0.15, -0.1) is 0 Å². The highest BCUT2D eigenvalue weighted by Crippen LogP contribution is 2.16. The normalized spacial score (nSPS) is 12.7. The fourth-order valence-corrected chi connectivity index (χ4v) is 7.34. The van der Waals surface area contributed by atoms with Crippen LogP contribution in [0.1, 0.15) is 258 Å². The largest absolute Gasteiger partial charge is 0.466 e. The molecule has 6 heteroatoms. The van der Waals surface area contributed by atoms with Crippen LogP contribution in [0.3, 0.4) is 0 Å². The summed E-state index contributed by atoms with van der Waals surface area (Å²) in [4.78, 5) is 24.4. The summed E-state index contributed by atoms with van der Waals surface area (Å²) in [5, 5.41) is 23.0. The summed E-state index contributed by atoms with van der Waals surface area (Å²) in [6.45, 7) is 4.86. The first kappa shape index (κ1) is 52.6. The Labute approximate surface area is 336 Å². The third kappa shape index (κ3) is 40.3. The van der Waals surface area contributed by atoms with Crippen molar-refractivity contribution in [2.24, 2.45) is 0 Å². The lowest BCUT2D eigenvalue weighted by atomic mass is 10.0. The van der Waals surface area contributed by atoms with Gasteiger partial charge in [0.1, 0.15) is 0 Å². The molecule has 1 amide bonds. The second-order valence-corrected chi connectivity index (χ2v) is 16.5. The van der Waals surface area contributed by atoms with E-state index in [0.717, 1.165) is 57.8 Å². The Kier molecular flexibility index (Phi) is 43.2. The van der Waals surface area contributed by atoms with Gasteiger partial charge in [0.2, 0.25) is 5.91 Å². The Hall–Kier alpha value is -1.40. The van der Waals surface area contributed by atoms with Crippen molar-refractivity contribution in [1.29, 1.82) is 0 Å². The molecule has 0 aliphatic rings. The van der Waals surface area contributed by atoms with Gasteiger partial charge in [-0.2, -0.15) is 0 Å². The Balaban J connectivity index is 3.48. The molecule has 0 aromatic rings. The van der Waals surface area contributed by atoms with Crippen molar-refractivity contribution in [3.63, 3.8) is 0 Å². The number of unbranched alkanes of at least 4 members (excludes halogenated alkanes) is 33. The standard InChI is InChI=1S/C48H93NO5/c1-3-5-7-9-11-13-15-20-24-28-32-36-40-46(51)45(44-50)49-47(52)41-37-33-29-25-21-18-17-19-23-27-31-35-39-43-54-48(53)42-38-34-30-26-22-16-14-12-10-8-6-4-2/h36,40,45-46,50-51H,3-35,37-39,41-44H2,1-2H3,(H,49,52)/b40-36+. The average molecular weight is 764 g/mol. The highest BCUT2D eigenvalue weighted by atomic mass is 16.5. The molecule has 6 nitrogen and oxygen atoms in total. The van der Waals surface area contributed by atoms with Gasteiger partial charge >= 0.3 is 5.97 Å². The quantitative estimate of drug-likeness (QED) is 0.0326. The fourth-order valence-electron chi connectivity index (χ4n) is 7.34. The van der Waals surface area contributed by atoms with Crippen molar-refractivity contribution in [2.75, 3.05) is 13.2 Å². The van der Waals surface area contributed by atoms with E-state index in [1.54, 1.807) is 6.08 Å². The lowest BCUT2D eigenvalue weighted by molar-refractivity contribution is -0.143. The third-order valence-electron chi connectivity index (χ3n) is 11.1. The zero-order chi connectivity index (χ0) is 39.4. The number of amides is 1. The van der Waals surface area contributed by atoms with Crippen molar-refractivity contribution >= 4 is 11.9 Å². The summed E-state index contributed by atoms with van der Waals surface area (Å²) in [7, 11) is 0. The zero-order valence-corrected chi connectivity index (χ0v) is 36.2. The van der Waals surface area contributed by atoms with Crippen LogP contribution in [0.2, 0.25) is 0 Å². The second-order valence-electron chi connectivity index (χ2n) is 16.5. The van der Waals surface area contributed by atoms with Crippen LogP contribution in [0.4, 0.5) is 0 Å². The number of aliphatic hydroxyl groups is 2. The minimum atomic E-state index is -0.850. The second kappa shape index (κ2) is 44.3. The van der Waals surface area contributed by atoms with E-state index in [1.807, 2.05) is 6.08 Å². The number of hydrogen-bond donors (Lipinski definition) is 3. The zero-order valence-electron chi connectivity index (χ0n) is 36.2. The van der Waals surface area contributed by atoms with E-state index in [2.05, 4.69) is 19.2 Å². The van der Waals surface area contributed by atoms with Gasteiger partial charge < -0.3 is 20.3 Å². The highest BCUT2D eigenvalue weighted by molar-refractivity contribution is 5.76. The molecule has 320 valence electrons. The van der Waals surface area contributed by atoms with Crippen molar-refractivity contribution in [3.05, 3.63) is 12.2 Å². The molecule has 0 aromatic carbocycles. The number of allylic oxidation sites excluding steroid dienone is 1. The fraction of sp³-hybridized carbons (Fsp3) is 0.917. The summed E-state index contributed by atoms with van der Waals surface area (Å²) in [6, 6.07) is -0.634. The molecular weight excluding hydrogens is 671 g/mol. The first-order chi connectivity index (χ1) is 26.5. The van der Waals surface area contributed by atoms with Crippen molar-refractivity contribution in [3.8, 4) is 0 Å². The Morgan fingerprint density at radius 3 is 1.26 bits per heavy atom. The molecule has 0 aromatic heterocycles. The van der Waals surface area contributed by atoms with Crippen molar-refractivity contribution < 1.29 is 24.5 Å². The van der Waals surface area contributed by atoms with Crippen molar-refractivity contribution in [2.45, 2.75) is 270 Å². The molecule has 3 N–H and O–H groups in total. The molecule has 0 fully saturated rings. The van der Waals surface area contributed by atoms with Crippen molar-refractivity contribution in [1.82, 2.24) is 5.32 Å². The maximum absolute atomic E-state index is 12.4. The SMILES string of the molecule is CCCCCCCCCCCC/C=C/C(O)C(CO)NC(=O)CCCCCCCCCCCCCCCOC(=O)CCCCCCCCCCCCCC. The molecule has 2 atom stereocenters. The lowest BCUT2D eigenvalue weighted by Crippen LogP contribution is -2.45. The molecule has 2 unspecified atom stereocenters. The third-order valence-corrected chi connectivity index (χ3v) is 11.1. The molecule has 0 radical (unpaired) electrons. The molecule has 0 bridgehead atoms. The van der Waals surface area contributed by atoms with Gasteiger partial charge in [-0.05, 0) is 32.1 Å². The summed E-state index contributed by atoms with van der Waals surface area (Å²) in [5.74, 6) is -0.0878. The molecule has 0 aliphatic heterocycles. The smallest absolute Gasteiger partial charge is 0.305 e. The van der Waals surface area contributed by atoms with Crippen LogP contribution in [0.25, 0.3) is 0 Å². The highest BCUT2D eigenvalue weighted by Gasteiger charge is 2.18. The van der Waals surface area contributed by atoms with E-state index in [-0.39, 0.29) is 18.5 Å². The van der Waals surface area contributed by atoms with E-state index in [1.165, 1.54) is 173 Å². The van der Waals surface area contributed by atoms with E-state index in [0.29, 0.717) is 19.4 Å². The number of nitrogens with one attached hydrogen (secondary N) is 1. The summed E-state index contributed by atoms with van der Waals surface area (Å²) < 4.78 is 5.45. The van der Waals surface area contributed by atoms with E-state index in [9.17, 15) is 19.8 Å². The Morgan fingerprint density at radius 1 is 0.500 bits per heavy atom. The summed E-state index contributed by atoms with van der Waals surface area (Å²) in [5.41, 5.74) is 0. The van der Waals surface area contributed by atoms with Gasteiger partial charge in [0.05, 0.1) is 25.4 Å². The molecule has 0 rings (SSSR count). The van der Waals surface area contributed by atoms with E-state index < -0.39 is 12.1 Å². The number of esters is 1. The molecular formula is C48H93NO5. The number of aliphatic hydroxyl groups excluding tert-OH is 2. The van der Waals surface area contributed by atoms with E-state index >= 15 is 0 Å². The van der Waals surface area contributed by atoms with Crippen LogP contribution in [0.15, 0.2) is 12.2 Å². The predicted octanol–water partition coefficient (Wildman–Crippen LogP) is 13.8. The van der Waals surface area contributed by atoms with Crippen LogP contribution in [0.5, 0.6) is 0 Å². The molecule has 0 spiro atoms. The van der Waals surface area contributed by atoms with Crippen LogP contribution >= 0.6 is 0 Å². The summed E-state index contributed by atoms with van der Waals surface area (Å²) >= 11 is 0. The van der Waals surface area contributed by atoms with Gasteiger partial charge in [0.25, 0.3) is 0 Å². The van der Waals surface area contributed by atoms with Crippen LogP contribution < -0.4 is 5.32 Å². The number of carbonyl (C=O) groups excluding carboxylic acids is 2. The first-order valence-electron chi connectivity index (χ1n) is 24.0.